The first-order chi connectivity index (χ1) is 23.4. The summed E-state index contributed by atoms with van der Waals surface area (Å²) in [5.41, 5.74) is 4.09. The third-order valence-corrected chi connectivity index (χ3v) is 11.3. The molecule has 1 aromatic carbocycles. The Bertz CT molecular complexity index is 2150. The summed E-state index contributed by atoms with van der Waals surface area (Å²) in [7, 11) is 1.67. The topological polar surface area (TPSA) is 115 Å². The Hall–Kier alpha value is -4.65. The summed E-state index contributed by atoms with van der Waals surface area (Å²) in [5, 5.41) is 8.66. The molecule has 0 radical (unpaired) electrons. The number of ether oxygens (including phenoxy) is 1. The van der Waals surface area contributed by atoms with Gasteiger partial charge in [0.2, 0.25) is 0 Å². The van der Waals surface area contributed by atoms with Crippen LogP contribution in [0.5, 0.6) is 0 Å². The van der Waals surface area contributed by atoms with Gasteiger partial charge in [0, 0.05) is 60.3 Å². The lowest BCUT2D eigenvalue weighted by Crippen LogP contribution is -2.59. The number of aldehydes is 1. The maximum atomic E-state index is 13.7. The molecule has 2 aliphatic heterocycles. The number of anilines is 3. The van der Waals surface area contributed by atoms with Crippen molar-refractivity contribution in [1.82, 2.24) is 24.2 Å². The zero-order chi connectivity index (χ0) is 32.9. The number of pyridine rings is 2. The highest BCUT2D eigenvalue weighted by Crippen LogP contribution is 2.35. The average molecular weight is 664 g/mol. The second-order valence-electron chi connectivity index (χ2n) is 13.0. The molecule has 11 nitrogen and oxygen atoms in total. The van der Waals surface area contributed by atoms with E-state index in [0.717, 1.165) is 75.9 Å². The number of fused-ring (bicyclic) bond motifs is 3. The molecule has 0 amide bonds. The normalized spacial score (nSPS) is 18.5. The van der Waals surface area contributed by atoms with Gasteiger partial charge in [0.15, 0.2) is 6.29 Å². The molecular formula is C36H37N7O4S. The number of carbonyl (C=O) groups excluding carboxylic acids is 1. The third kappa shape index (κ3) is 5.33. The second kappa shape index (κ2) is 12.4. The Morgan fingerprint density at radius 2 is 1.90 bits per heavy atom. The van der Waals surface area contributed by atoms with Crippen molar-refractivity contribution in [1.29, 1.82) is 0 Å². The molecule has 6 heterocycles. The average Bonchev–Trinajstić information content (AvgIpc) is 3.46. The number of carbonyl (C=O) groups is 1. The van der Waals surface area contributed by atoms with Crippen LogP contribution >= 0.6 is 11.3 Å². The number of hydrogen-bond acceptors (Lipinski definition) is 10. The maximum absolute atomic E-state index is 13.7. The molecule has 2 fully saturated rings. The van der Waals surface area contributed by atoms with Crippen molar-refractivity contribution < 1.29 is 9.53 Å². The summed E-state index contributed by atoms with van der Waals surface area (Å²) < 4.78 is 8.86. The minimum Gasteiger partial charge on any atom is -0.378 e. The summed E-state index contributed by atoms with van der Waals surface area (Å²) in [4.78, 5) is 50.4. The molecule has 1 N–H and O–H groups in total. The predicted molar refractivity (Wildman–Crippen MR) is 188 cm³/mol. The van der Waals surface area contributed by atoms with Crippen molar-refractivity contribution in [2.45, 2.75) is 44.7 Å². The van der Waals surface area contributed by atoms with Gasteiger partial charge in [-0.2, -0.15) is 9.78 Å². The molecule has 246 valence electrons. The Morgan fingerprint density at radius 3 is 2.65 bits per heavy atom. The van der Waals surface area contributed by atoms with Gasteiger partial charge < -0.3 is 19.5 Å². The number of aromatic nitrogens is 4. The predicted octanol–water partition coefficient (Wildman–Crippen LogP) is 4.55. The highest BCUT2D eigenvalue weighted by atomic mass is 32.1. The fourth-order valence-corrected chi connectivity index (χ4v) is 8.57. The lowest BCUT2D eigenvalue weighted by atomic mass is 9.97. The minimum atomic E-state index is -0.233. The molecule has 1 atom stereocenters. The molecule has 0 spiro atoms. The molecule has 1 aliphatic carbocycles. The summed E-state index contributed by atoms with van der Waals surface area (Å²) in [5.74, 6) is 0.540. The van der Waals surface area contributed by atoms with Crippen molar-refractivity contribution in [2.24, 2.45) is 7.05 Å². The molecule has 0 unspecified atom stereocenters. The van der Waals surface area contributed by atoms with Gasteiger partial charge in [0.05, 0.1) is 43.0 Å². The van der Waals surface area contributed by atoms with Crippen molar-refractivity contribution in [3.8, 4) is 16.8 Å². The number of aryl methyl sites for hydroxylation is 3. The number of benzene rings is 1. The molecule has 8 rings (SSSR count). The highest BCUT2D eigenvalue weighted by molar-refractivity contribution is 7.19. The van der Waals surface area contributed by atoms with E-state index in [0.29, 0.717) is 50.7 Å². The quantitative estimate of drug-likeness (QED) is 0.251. The van der Waals surface area contributed by atoms with E-state index < -0.39 is 0 Å². The largest absolute Gasteiger partial charge is 0.378 e. The van der Waals surface area contributed by atoms with Gasteiger partial charge >= 0.3 is 0 Å². The molecule has 2 saturated heterocycles. The van der Waals surface area contributed by atoms with Crippen LogP contribution < -0.4 is 21.3 Å². The van der Waals surface area contributed by atoms with Gasteiger partial charge in [-0.25, -0.2) is 4.98 Å². The van der Waals surface area contributed by atoms with Crippen molar-refractivity contribution in [2.75, 3.05) is 43.1 Å². The molecule has 0 saturated carbocycles. The van der Waals surface area contributed by atoms with E-state index in [1.807, 2.05) is 24.4 Å². The van der Waals surface area contributed by atoms with Crippen LogP contribution in [-0.2, 0) is 24.6 Å². The van der Waals surface area contributed by atoms with E-state index in [9.17, 15) is 14.4 Å². The van der Waals surface area contributed by atoms with Crippen LogP contribution in [0.15, 0.2) is 64.6 Å². The van der Waals surface area contributed by atoms with Gasteiger partial charge in [-0.1, -0.05) is 12.1 Å². The monoisotopic (exact) mass is 663 g/mol. The number of thiophene rings is 1. The zero-order valence-corrected chi connectivity index (χ0v) is 27.8. The number of piperazine rings is 1. The van der Waals surface area contributed by atoms with E-state index in [1.165, 1.54) is 19.7 Å². The smallest absolute Gasteiger partial charge is 0.289 e. The zero-order valence-electron chi connectivity index (χ0n) is 27.0. The van der Waals surface area contributed by atoms with Crippen LogP contribution in [0.1, 0.15) is 40.6 Å². The van der Waals surface area contributed by atoms with Gasteiger partial charge in [0.1, 0.15) is 16.2 Å². The second-order valence-corrected chi connectivity index (χ2v) is 14.1. The first-order valence-electron chi connectivity index (χ1n) is 16.5. The Morgan fingerprint density at radius 1 is 1.04 bits per heavy atom. The van der Waals surface area contributed by atoms with Crippen LogP contribution in [-0.4, -0.2) is 75.4 Å². The lowest BCUT2D eigenvalue weighted by Gasteiger charge is -2.46. The van der Waals surface area contributed by atoms with E-state index in [2.05, 4.69) is 32.1 Å². The SMILES string of the molecule is C[C@H]1CN(C2COC2)CCN1c1ccc(Nc2cc(-c3cccc(-n4ncc5c6c(sc5c4=O)CCCC6)c3C=O)cn(C)c2=O)nc1. The number of rotatable bonds is 7. The number of hydrogen-bond donors (Lipinski definition) is 1. The Labute approximate surface area is 281 Å². The van der Waals surface area contributed by atoms with Gasteiger partial charge in [-0.15, -0.1) is 11.3 Å². The molecule has 3 aliphatic rings. The van der Waals surface area contributed by atoms with Crippen molar-refractivity contribution in [3.05, 3.63) is 91.7 Å². The van der Waals surface area contributed by atoms with Gasteiger partial charge in [-0.05, 0) is 68.0 Å². The van der Waals surface area contributed by atoms with Gasteiger partial charge in [-0.3, -0.25) is 19.3 Å². The summed E-state index contributed by atoms with van der Waals surface area (Å²) in [6.07, 6.45) is 10.2. The molecule has 0 bridgehead atoms. The Balaban J connectivity index is 1.08. The molecule has 4 aromatic heterocycles. The van der Waals surface area contributed by atoms with Crippen molar-refractivity contribution in [3.63, 3.8) is 0 Å². The standard InChI is InChI=1S/C36H37N7O4S/c1-22-17-41(25-20-47-21-25)12-13-42(22)24-10-11-33(37-15-24)39-30-14-23(18-40(2)35(30)45)26-7-5-8-31(29(26)19-44)43-36(46)34-28(16-38-43)27-6-3-4-9-32(27)48-34/h5,7-8,10-11,14-16,18-19,22,25H,3-4,6,9,12-13,17,20-21H2,1-2H3,(H,37,39)/t22-/m0/s1. The van der Waals surface area contributed by atoms with Crippen LogP contribution in [0.2, 0.25) is 0 Å². The summed E-state index contributed by atoms with van der Waals surface area (Å²) in [6, 6.07) is 11.9. The summed E-state index contributed by atoms with van der Waals surface area (Å²) >= 11 is 1.55. The fourth-order valence-electron chi connectivity index (χ4n) is 7.29. The minimum absolute atomic E-state index is 0.228. The summed E-state index contributed by atoms with van der Waals surface area (Å²) in [6.45, 7) is 6.76. The van der Waals surface area contributed by atoms with E-state index in [-0.39, 0.29) is 11.1 Å². The Kier molecular flexibility index (Phi) is 7.94. The highest BCUT2D eigenvalue weighted by Gasteiger charge is 2.32. The third-order valence-electron chi connectivity index (χ3n) is 9.96. The van der Waals surface area contributed by atoms with Gasteiger partial charge in [0.25, 0.3) is 11.1 Å². The molecule has 48 heavy (non-hydrogen) atoms. The number of nitrogens with one attached hydrogen (secondary N) is 1. The maximum Gasteiger partial charge on any atom is 0.289 e. The first-order valence-corrected chi connectivity index (χ1v) is 17.3. The van der Waals surface area contributed by atoms with E-state index in [4.69, 9.17) is 4.74 Å². The first kappa shape index (κ1) is 30.7. The van der Waals surface area contributed by atoms with Crippen LogP contribution in [0.25, 0.3) is 26.9 Å². The lowest BCUT2D eigenvalue weighted by molar-refractivity contribution is -0.0691. The molecule has 5 aromatic rings. The van der Waals surface area contributed by atoms with Crippen LogP contribution in [0.3, 0.4) is 0 Å². The van der Waals surface area contributed by atoms with Crippen LogP contribution in [0.4, 0.5) is 17.2 Å². The van der Waals surface area contributed by atoms with E-state index in [1.54, 1.807) is 49.0 Å². The molecular weight excluding hydrogens is 627 g/mol. The fraction of sp³-hybridized carbons (Fsp3) is 0.361. The van der Waals surface area contributed by atoms with Crippen LogP contribution in [0, 0.1) is 0 Å². The van der Waals surface area contributed by atoms with Crippen molar-refractivity contribution >= 4 is 44.9 Å². The number of nitrogens with zero attached hydrogens (tertiary/aromatic N) is 6. The molecule has 12 heteroatoms. The van der Waals surface area contributed by atoms with E-state index >= 15 is 0 Å².